The summed E-state index contributed by atoms with van der Waals surface area (Å²) in [5, 5.41) is 6.24. The third-order valence-corrected chi connectivity index (χ3v) is 2.49. The molecule has 0 heterocycles. The molecule has 0 aliphatic carbocycles. The molecular weight excluding hydrogens is 255 g/mol. The van der Waals surface area contributed by atoms with Crippen LogP contribution in [0.15, 0.2) is 18.2 Å². The Balaban J connectivity index is 2.42. The van der Waals surface area contributed by atoms with Gasteiger partial charge in [0, 0.05) is 17.1 Å². The molecule has 0 bridgehead atoms. The maximum Gasteiger partial charge on any atom is 0.234 e. The average molecular weight is 273 g/mol. The lowest BCUT2D eigenvalue weighted by Gasteiger charge is -2.20. The van der Waals surface area contributed by atoms with Gasteiger partial charge in [0.2, 0.25) is 5.91 Å². The van der Waals surface area contributed by atoms with Gasteiger partial charge in [-0.15, -0.1) is 0 Å². The van der Waals surface area contributed by atoms with E-state index in [1.54, 1.807) is 0 Å². The number of hydrogen-bond acceptors (Lipinski definition) is 2. The lowest BCUT2D eigenvalue weighted by atomic mass is 10.1. The second kappa shape index (κ2) is 6.16. The van der Waals surface area contributed by atoms with E-state index >= 15 is 0 Å². The van der Waals surface area contributed by atoms with Crippen LogP contribution in [0, 0.1) is 5.82 Å². The Kier molecular flexibility index (Phi) is 5.11. The van der Waals surface area contributed by atoms with Gasteiger partial charge in [0.25, 0.3) is 0 Å². The van der Waals surface area contributed by atoms with E-state index in [0.29, 0.717) is 17.1 Å². The van der Waals surface area contributed by atoms with Crippen LogP contribution >= 0.6 is 11.6 Å². The zero-order valence-corrected chi connectivity index (χ0v) is 11.6. The molecule has 18 heavy (non-hydrogen) atoms. The minimum Gasteiger partial charge on any atom is -0.350 e. The van der Waals surface area contributed by atoms with Gasteiger partial charge in [-0.05, 0) is 44.5 Å². The van der Waals surface area contributed by atoms with Gasteiger partial charge in [-0.2, -0.15) is 0 Å². The van der Waals surface area contributed by atoms with Gasteiger partial charge in [0.1, 0.15) is 5.82 Å². The Bertz CT molecular complexity index is 429. The van der Waals surface area contributed by atoms with Gasteiger partial charge in [-0.3, -0.25) is 4.79 Å². The fraction of sp³-hybridized carbons (Fsp3) is 0.462. The van der Waals surface area contributed by atoms with Crippen molar-refractivity contribution in [1.29, 1.82) is 0 Å². The van der Waals surface area contributed by atoms with Crippen molar-refractivity contribution in [1.82, 2.24) is 10.6 Å². The molecule has 0 radical (unpaired) electrons. The number of halogens is 2. The predicted molar refractivity (Wildman–Crippen MR) is 71.0 cm³/mol. The summed E-state index contributed by atoms with van der Waals surface area (Å²) in [5.41, 5.74) is 0.384. The lowest BCUT2D eigenvalue weighted by molar-refractivity contribution is -0.121. The first-order valence-electron chi connectivity index (χ1n) is 5.73. The standard InChI is InChI=1S/C13H18ClFN2O/c1-13(2,3)17-12(18)8-16-7-9-6-10(15)4-5-11(9)14/h4-6,16H,7-8H2,1-3H3,(H,17,18). The molecule has 0 saturated heterocycles. The Morgan fingerprint density at radius 2 is 2.06 bits per heavy atom. The summed E-state index contributed by atoms with van der Waals surface area (Å²) < 4.78 is 13.0. The molecule has 0 atom stereocenters. The molecule has 0 aromatic heterocycles. The Morgan fingerprint density at radius 3 is 2.67 bits per heavy atom. The predicted octanol–water partition coefficient (Wildman–Crippen LogP) is 2.48. The first-order valence-corrected chi connectivity index (χ1v) is 6.11. The molecule has 100 valence electrons. The average Bonchev–Trinajstić information content (AvgIpc) is 2.20. The van der Waals surface area contributed by atoms with E-state index in [4.69, 9.17) is 11.6 Å². The second-order valence-electron chi connectivity index (χ2n) is 5.14. The number of hydrogen-bond donors (Lipinski definition) is 2. The largest absolute Gasteiger partial charge is 0.350 e. The molecule has 3 nitrogen and oxygen atoms in total. The highest BCUT2D eigenvalue weighted by Gasteiger charge is 2.13. The van der Waals surface area contributed by atoms with E-state index in [1.165, 1.54) is 18.2 Å². The zero-order chi connectivity index (χ0) is 13.8. The van der Waals surface area contributed by atoms with Gasteiger partial charge in [0.05, 0.1) is 6.54 Å². The Morgan fingerprint density at radius 1 is 1.39 bits per heavy atom. The zero-order valence-electron chi connectivity index (χ0n) is 10.8. The molecule has 1 aromatic carbocycles. The highest BCUT2D eigenvalue weighted by molar-refractivity contribution is 6.31. The number of nitrogens with one attached hydrogen (secondary N) is 2. The van der Waals surface area contributed by atoms with Crippen molar-refractivity contribution in [3.05, 3.63) is 34.6 Å². The van der Waals surface area contributed by atoms with Crippen molar-refractivity contribution in [2.75, 3.05) is 6.54 Å². The number of carbonyl (C=O) groups excluding carboxylic acids is 1. The number of carbonyl (C=O) groups is 1. The molecule has 0 aliphatic rings. The molecule has 1 rings (SSSR count). The van der Waals surface area contributed by atoms with Crippen molar-refractivity contribution in [3.8, 4) is 0 Å². The summed E-state index contributed by atoms with van der Waals surface area (Å²) in [6.45, 7) is 6.26. The van der Waals surface area contributed by atoms with E-state index in [9.17, 15) is 9.18 Å². The first kappa shape index (κ1) is 14.9. The van der Waals surface area contributed by atoms with Crippen molar-refractivity contribution in [3.63, 3.8) is 0 Å². The minimum absolute atomic E-state index is 0.102. The molecule has 0 fully saturated rings. The van der Waals surface area contributed by atoms with Crippen LogP contribution in [0.3, 0.4) is 0 Å². The fourth-order valence-electron chi connectivity index (χ4n) is 1.45. The Hall–Kier alpha value is -1.13. The molecule has 0 saturated carbocycles. The van der Waals surface area contributed by atoms with Crippen LogP contribution < -0.4 is 10.6 Å². The van der Waals surface area contributed by atoms with Crippen LogP contribution in [0.5, 0.6) is 0 Å². The molecule has 0 spiro atoms. The fourth-order valence-corrected chi connectivity index (χ4v) is 1.64. The van der Waals surface area contributed by atoms with Crippen LogP contribution in [-0.2, 0) is 11.3 Å². The number of amides is 1. The van der Waals surface area contributed by atoms with Gasteiger partial charge >= 0.3 is 0 Å². The monoisotopic (exact) mass is 272 g/mol. The molecule has 1 aromatic rings. The maximum absolute atomic E-state index is 13.0. The van der Waals surface area contributed by atoms with Gasteiger partial charge in [-0.1, -0.05) is 11.6 Å². The molecule has 5 heteroatoms. The van der Waals surface area contributed by atoms with E-state index in [0.717, 1.165) is 0 Å². The van der Waals surface area contributed by atoms with Crippen LogP contribution in [0.1, 0.15) is 26.3 Å². The van der Waals surface area contributed by atoms with Crippen molar-refractivity contribution in [2.24, 2.45) is 0 Å². The SMILES string of the molecule is CC(C)(C)NC(=O)CNCc1cc(F)ccc1Cl. The quantitative estimate of drug-likeness (QED) is 0.884. The second-order valence-corrected chi connectivity index (χ2v) is 5.54. The van der Waals surface area contributed by atoms with Gasteiger partial charge in [0.15, 0.2) is 0 Å². The van der Waals surface area contributed by atoms with Crippen molar-refractivity contribution < 1.29 is 9.18 Å². The van der Waals surface area contributed by atoms with E-state index < -0.39 is 0 Å². The maximum atomic E-state index is 13.0. The van der Waals surface area contributed by atoms with E-state index in [-0.39, 0.29) is 23.8 Å². The van der Waals surface area contributed by atoms with Crippen LogP contribution in [0.4, 0.5) is 4.39 Å². The first-order chi connectivity index (χ1) is 8.28. The molecule has 1 amide bonds. The smallest absolute Gasteiger partial charge is 0.234 e. The van der Waals surface area contributed by atoms with Crippen molar-refractivity contribution in [2.45, 2.75) is 32.9 Å². The molecular formula is C13H18ClFN2O. The molecule has 2 N–H and O–H groups in total. The van der Waals surface area contributed by atoms with Crippen molar-refractivity contribution >= 4 is 17.5 Å². The van der Waals surface area contributed by atoms with Crippen LogP contribution in [0.2, 0.25) is 5.02 Å². The third-order valence-electron chi connectivity index (χ3n) is 2.12. The summed E-state index contributed by atoms with van der Waals surface area (Å²) >= 11 is 5.91. The summed E-state index contributed by atoms with van der Waals surface area (Å²) in [6.07, 6.45) is 0. The normalized spacial score (nSPS) is 11.4. The van der Waals surface area contributed by atoms with Crippen LogP contribution in [-0.4, -0.2) is 18.0 Å². The van der Waals surface area contributed by atoms with Crippen LogP contribution in [0.25, 0.3) is 0 Å². The van der Waals surface area contributed by atoms with E-state index in [2.05, 4.69) is 10.6 Å². The summed E-state index contributed by atoms with van der Waals surface area (Å²) in [7, 11) is 0. The highest BCUT2D eigenvalue weighted by Crippen LogP contribution is 2.16. The summed E-state index contributed by atoms with van der Waals surface area (Å²) in [6, 6.07) is 4.16. The highest BCUT2D eigenvalue weighted by atomic mass is 35.5. The summed E-state index contributed by atoms with van der Waals surface area (Å²) in [5.74, 6) is -0.439. The topological polar surface area (TPSA) is 41.1 Å². The summed E-state index contributed by atoms with van der Waals surface area (Å²) in [4.78, 5) is 11.5. The minimum atomic E-state index is -0.338. The lowest BCUT2D eigenvalue weighted by Crippen LogP contribution is -2.44. The van der Waals surface area contributed by atoms with Gasteiger partial charge in [-0.25, -0.2) is 4.39 Å². The third kappa shape index (κ3) is 5.47. The number of rotatable bonds is 4. The molecule has 0 unspecified atom stereocenters. The number of benzene rings is 1. The molecule has 0 aliphatic heterocycles. The Labute approximate surface area is 112 Å². The van der Waals surface area contributed by atoms with E-state index in [1.807, 2.05) is 20.8 Å². The van der Waals surface area contributed by atoms with Gasteiger partial charge < -0.3 is 10.6 Å².